The van der Waals surface area contributed by atoms with Crippen molar-refractivity contribution in [1.82, 2.24) is 19.7 Å². The number of aliphatic imine (C=N–C) groups is 1. The summed E-state index contributed by atoms with van der Waals surface area (Å²) in [6.45, 7) is 4.65. The highest BCUT2D eigenvalue weighted by Gasteiger charge is 2.29. The van der Waals surface area contributed by atoms with Gasteiger partial charge in [-0.05, 0) is 13.0 Å². The maximum Gasteiger partial charge on any atom is 0.220 e. The van der Waals surface area contributed by atoms with Crippen LogP contribution < -0.4 is 10.1 Å². The molecule has 0 spiro atoms. The molecule has 1 aromatic heterocycles. The van der Waals surface area contributed by atoms with Crippen molar-refractivity contribution in [3.63, 3.8) is 0 Å². The third-order valence-electron chi connectivity index (χ3n) is 4.79. The number of aromatic nitrogens is 1. The lowest BCUT2D eigenvalue weighted by atomic mass is 10.2. The molecule has 0 bridgehead atoms. The first kappa shape index (κ1) is 25.2. The lowest BCUT2D eigenvalue weighted by Crippen LogP contribution is -2.53. The number of para-hydroxylation sites is 1. The molecule has 2 heterocycles. The SMILES string of the molecule is CCNC(=NCc1cccc(OC)c1O)N1CCN(S(=O)(=O)Cc2ccon2)CC1.I. The molecule has 1 aromatic carbocycles. The molecule has 0 radical (unpaired) electrons. The van der Waals surface area contributed by atoms with Gasteiger partial charge in [0, 0.05) is 44.4 Å². The Hall–Kier alpha value is -2.06. The number of ether oxygens (including phenoxy) is 1. The summed E-state index contributed by atoms with van der Waals surface area (Å²) in [6.07, 6.45) is 1.36. The molecular weight excluding hydrogens is 537 g/mol. The van der Waals surface area contributed by atoms with Gasteiger partial charge < -0.3 is 24.6 Å². The number of hydrogen-bond acceptors (Lipinski definition) is 7. The maximum atomic E-state index is 12.6. The molecule has 0 atom stereocenters. The van der Waals surface area contributed by atoms with Crippen LogP contribution in [0.15, 0.2) is 40.0 Å². The Bertz CT molecular complexity index is 960. The van der Waals surface area contributed by atoms with Crippen LogP contribution in [0.4, 0.5) is 0 Å². The third-order valence-corrected chi connectivity index (χ3v) is 6.60. The fraction of sp³-hybridized carbons (Fsp3) is 0.474. The summed E-state index contributed by atoms with van der Waals surface area (Å²) in [5.74, 6) is 0.975. The van der Waals surface area contributed by atoms with Crippen molar-refractivity contribution < 1.29 is 22.8 Å². The van der Waals surface area contributed by atoms with Crippen molar-refractivity contribution in [3.8, 4) is 11.5 Å². The van der Waals surface area contributed by atoms with Crippen LogP contribution in [-0.2, 0) is 22.3 Å². The minimum absolute atomic E-state index is 0. The Morgan fingerprint density at radius 1 is 1.29 bits per heavy atom. The van der Waals surface area contributed by atoms with E-state index in [1.807, 2.05) is 11.8 Å². The third kappa shape index (κ3) is 6.46. The van der Waals surface area contributed by atoms with Gasteiger partial charge in [-0.2, -0.15) is 4.31 Å². The van der Waals surface area contributed by atoms with Gasteiger partial charge in [0.15, 0.2) is 17.5 Å². The molecule has 0 unspecified atom stereocenters. The molecule has 0 amide bonds. The van der Waals surface area contributed by atoms with E-state index in [4.69, 9.17) is 9.26 Å². The van der Waals surface area contributed by atoms with Crippen molar-refractivity contribution in [2.24, 2.45) is 4.99 Å². The molecule has 172 valence electrons. The van der Waals surface area contributed by atoms with Gasteiger partial charge in [0.25, 0.3) is 0 Å². The number of halogens is 1. The molecule has 1 aliphatic heterocycles. The number of guanidine groups is 1. The standard InChI is InChI=1S/C19H27N5O5S.HI/c1-3-20-19(21-13-15-5-4-6-17(28-2)18(15)25)23-8-10-24(11-9-23)30(26,27)14-16-7-12-29-22-16;/h4-7,12,25H,3,8-11,13-14H2,1-2H3,(H,20,21);1H. The predicted octanol–water partition coefficient (Wildman–Crippen LogP) is 1.62. The number of nitrogens with one attached hydrogen (secondary N) is 1. The van der Waals surface area contributed by atoms with E-state index in [0.29, 0.717) is 55.7 Å². The fourth-order valence-electron chi connectivity index (χ4n) is 3.21. The van der Waals surface area contributed by atoms with Crippen LogP contribution in [0, 0.1) is 0 Å². The van der Waals surface area contributed by atoms with Crippen molar-refractivity contribution in [3.05, 3.63) is 41.8 Å². The number of methoxy groups -OCH3 is 1. The Morgan fingerprint density at radius 3 is 2.65 bits per heavy atom. The minimum atomic E-state index is -3.46. The quantitative estimate of drug-likeness (QED) is 0.295. The molecule has 2 aromatic rings. The topological polar surface area (TPSA) is 120 Å². The molecule has 31 heavy (non-hydrogen) atoms. The van der Waals surface area contributed by atoms with Gasteiger partial charge in [-0.25, -0.2) is 13.4 Å². The molecule has 0 saturated carbocycles. The predicted molar refractivity (Wildman–Crippen MR) is 127 cm³/mol. The van der Waals surface area contributed by atoms with Gasteiger partial charge in [-0.1, -0.05) is 17.3 Å². The largest absolute Gasteiger partial charge is 0.504 e. The average Bonchev–Trinajstić information content (AvgIpc) is 3.24. The Balaban J connectivity index is 0.00000341. The summed E-state index contributed by atoms with van der Waals surface area (Å²) < 4.78 is 36.5. The van der Waals surface area contributed by atoms with Crippen LogP contribution in [0.25, 0.3) is 0 Å². The number of piperazine rings is 1. The van der Waals surface area contributed by atoms with E-state index in [2.05, 4.69) is 15.5 Å². The number of rotatable bonds is 7. The average molecular weight is 565 g/mol. The van der Waals surface area contributed by atoms with Gasteiger partial charge >= 0.3 is 0 Å². The fourth-order valence-corrected chi connectivity index (χ4v) is 4.64. The minimum Gasteiger partial charge on any atom is -0.504 e. The molecule has 10 nitrogen and oxygen atoms in total. The summed E-state index contributed by atoms with van der Waals surface area (Å²) in [6, 6.07) is 6.83. The van der Waals surface area contributed by atoms with Crippen molar-refractivity contribution in [2.75, 3.05) is 39.8 Å². The second kappa shape index (κ2) is 11.5. The monoisotopic (exact) mass is 565 g/mol. The van der Waals surface area contributed by atoms with Gasteiger partial charge in [0.1, 0.15) is 12.0 Å². The zero-order valence-corrected chi connectivity index (χ0v) is 20.7. The van der Waals surface area contributed by atoms with Crippen LogP contribution in [0.3, 0.4) is 0 Å². The van der Waals surface area contributed by atoms with Gasteiger partial charge in [-0.3, -0.25) is 0 Å². The van der Waals surface area contributed by atoms with E-state index in [-0.39, 0.29) is 42.0 Å². The van der Waals surface area contributed by atoms with E-state index in [0.717, 1.165) is 0 Å². The second-order valence-corrected chi connectivity index (χ2v) is 8.74. The van der Waals surface area contributed by atoms with Crippen LogP contribution in [0.2, 0.25) is 0 Å². The van der Waals surface area contributed by atoms with E-state index >= 15 is 0 Å². The highest BCUT2D eigenvalue weighted by atomic mass is 127. The lowest BCUT2D eigenvalue weighted by Gasteiger charge is -2.35. The number of phenolic OH excluding ortho intramolecular Hbond substituents is 1. The highest BCUT2D eigenvalue weighted by Crippen LogP contribution is 2.29. The van der Waals surface area contributed by atoms with Crippen molar-refractivity contribution in [2.45, 2.75) is 19.2 Å². The number of hydrogen-bond donors (Lipinski definition) is 2. The molecule has 1 fully saturated rings. The van der Waals surface area contributed by atoms with E-state index in [9.17, 15) is 13.5 Å². The van der Waals surface area contributed by atoms with Crippen LogP contribution in [-0.4, -0.2) is 73.7 Å². The van der Waals surface area contributed by atoms with Crippen LogP contribution >= 0.6 is 24.0 Å². The Morgan fingerprint density at radius 2 is 2.03 bits per heavy atom. The maximum absolute atomic E-state index is 12.6. The van der Waals surface area contributed by atoms with Crippen LogP contribution in [0.5, 0.6) is 11.5 Å². The number of benzene rings is 1. The molecule has 1 saturated heterocycles. The summed E-state index contributed by atoms with van der Waals surface area (Å²) in [7, 11) is -1.96. The van der Waals surface area contributed by atoms with Gasteiger partial charge in [0.2, 0.25) is 10.0 Å². The van der Waals surface area contributed by atoms with Crippen LogP contribution in [0.1, 0.15) is 18.2 Å². The summed E-state index contributed by atoms with van der Waals surface area (Å²) in [4.78, 5) is 6.63. The summed E-state index contributed by atoms with van der Waals surface area (Å²) in [5, 5.41) is 17.2. The molecule has 0 aliphatic carbocycles. The number of aromatic hydroxyl groups is 1. The van der Waals surface area contributed by atoms with Crippen molar-refractivity contribution in [1.29, 1.82) is 0 Å². The first-order chi connectivity index (χ1) is 14.4. The molecule has 1 aliphatic rings. The second-order valence-electron chi connectivity index (χ2n) is 6.77. The van der Waals surface area contributed by atoms with Gasteiger partial charge in [-0.15, -0.1) is 24.0 Å². The normalized spacial score (nSPS) is 15.4. The number of phenols is 1. The molecule has 2 N–H and O–H groups in total. The van der Waals surface area contributed by atoms with Crippen molar-refractivity contribution >= 4 is 40.0 Å². The summed E-state index contributed by atoms with van der Waals surface area (Å²) in [5.41, 5.74) is 1.05. The number of sulfonamides is 1. The molecule has 3 rings (SSSR count). The zero-order chi connectivity index (χ0) is 21.6. The Labute approximate surface area is 199 Å². The van der Waals surface area contributed by atoms with Gasteiger partial charge in [0.05, 0.1) is 19.3 Å². The first-order valence-corrected chi connectivity index (χ1v) is 11.3. The zero-order valence-electron chi connectivity index (χ0n) is 17.5. The molecule has 12 heteroatoms. The Kier molecular flexibility index (Phi) is 9.37. The smallest absolute Gasteiger partial charge is 0.220 e. The van der Waals surface area contributed by atoms with E-state index in [1.165, 1.54) is 17.7 Å². The lowest BCUT2D eigenvalue weighted by molar-refractivity contribution is 0.259. The van der Waals surface area contributed by atoms with E-state index in [1.54, 1.807) is 24.3 Å². The first-order valence-electron chi connectivity index (χ1n) is 9.69. The number of nitrogens with zero attached hydrogens (tertiary/aromatic N) is 4. The highest BCUT2D eigenvalue weighted by molar-refractivity contribution is 14.0. The molecular formula is C19H28IN5O5S. The van der Waals surface area contributed by atoms with E-state index < -0.39 is 10.0 Å². The summed E-state index contributed by atoms with van der Waals surface area (Å²) >= 11 is 0.